The van der Waals surface area contributed by atoms with E-state index in [2.05, 4.69) is 54.1 Å². The zero-order valence-corrected chi connectivity index (χ0v) is 12.6. The van der Waals surface area contributed by atoms with Crippen LogP contribution in [0, 0.1) is 5.41 Å². The molecule has 1 aliphatic carbocycles. The van der Waals surface area contributed by atoms with Crippen LogP contribution < -0.4 is 5.73 Å². The standard InChI is InChI=1S/C17H25N3/c1-16(2)9-6-10-17(12-16)13-19-15(18)20(17)11-14-7-4-3-5-8-14/h3-5,7-8H,6,9-13H2,1-2H3,(H2,18,19). The summed E-state index contributed by atoms with van der Waals surface area (Å²) in [6.45, 7) is 6.51. The summed E-state index contributed by atoms with van der Waals surface area (Å²) in [5.74, 6) is 0.728. The molecule has 0 aromatic heterocycles. The Hall–Kier alpha value is -1.51. The van der Waals surface area contributed by atoms with Gasteiger partial charge in [-0.2, -0.15) is 0 Å². The van der Waals surface area contributed by atoms with Gasteiger partial charge in [0.15, 0.2) is 5.96 Å². The van der Waals surface area contributed by atoms with Crippen LogP contribution in [-0.2, 0) is 6.54 Å². The number of rotatable bonds is 2. The minimum Gasteiger partial charge on any atom is -0.370 e. The van der Waals surface area contributed by atoms with E-state index in [4.69, 9.17) is 5.73 Å². The number of nitrogens with two attached hydrogens (primary N) is 1. The van der Waals surface area contributed by atoms with Crippen molar-refractivity contribution in [2.24, 2.45) is 16.1 Å². The maximum atomic E-state index is 6.20. The minimum atomic E-state index is 0.154. The lowest BCUT2D eigenvalue weighted by atomic mass is 9.67. The molecule has 1 atom stereocenters. The molecule has 1 unspecified atom stereocenters. The Bertz CT molecular complexity index is 506. The molecule has 1 aromatic carbocycles. The zero-order valence-electron chi connectivity index (χ0n) is 12.6. The van der Waals surface area contributed by atoms with Crippen molar-refractivity contribution in [3.63, 3.8) is 0 Å². The van der Waals surface area contributed by atoms with Gasteiger partial charge < -0.3 is 10.6 Å². The van der Waals surface area contributed by atoms with E-state index in [1.165, 1.54) is 31.2 Å². The van der Waals surface area contributed by atoms with Gasteiger partial charge in [-0.05, 0) is 30.2 Å². The van der Waals surface area contributed by atoms with Gasteiger partial charge in [-0.1, -0.05) is 50.6 Å². The van der Waals surface area contributed by atoms with Crippen LogP contribution in [0.2, 0.25) is 0 Å². The van der Waals surface area contributed by atoms with Gasteiger partial charge in [-0.3, -0.25) is 4.99 Å². The summed E-state index contributed by atoms with van der Waals surface area (Å²) in [4.78, 5) is 6.94. The first-order valence-corrected chi connectivity index (χ1v) is 7.62. The molecule has 108 valence electrons. The predicted octanol–water partition coefficient (Wildman–Crippen LogP) is 3.16. The highest BCUT2D eigenvalue weighted by Gasteiger charge is 2.47. The SMILES string of the molecule is CC1(C)CCCC2(CN=C(N)N2Cc2ccccc2)C1. The summed E-state index contributed by atoms with van der Waals surface area (Å²) >= 11 is 0. The second-order valence-electron chi connectivity index (χ2n) is 7.17. The molecular weight excluding hydrogens is 246 g/mol. The molecular formula is C17H25N3. The van der Waals surface area contributed by atoms with Gasteiger partial charge in [-0.15, -0.1) is 0 Å². The topological polar surface area (TPSA) is 41.6 Å². The van der Waals surface area contributed by atoms with Crippen molar-refractivity contribution in [1.29, 1.82) is 0 Å². The molecule has 0 amide bonds. The second-order valence-corrected chi connectivity index (χ2v) is 7.17. The lowest BCUT2D eigenvalue weighted by Gasteiger charge is -2.48. The molecule has 0 bridgehead atoms. The number of nitrogens with zero attached hydrogens (tertiary/aromatic N) is 2. The van der Waals surface area contributed by atoms with E-state index in [0.29, 0.717) is 5.41 Å². The van der Waals surface area contributed by atoms with E-state index >= 15 is 0 Å². The fourth-order valence-electron chi connectivity index (χ4n) is 3.99. The van der Waals surface area contributed by atoms with Crippen molar-refractivity contribution in [1.82, 2.24) is 4.90 Å². The Kier molecular flexibility index (Phi) is 3.23. The average Bonchev–Trinajstić information content (AvgIpc) is 2.68. The first-order valence-electron chi connectivity index (χ1n) is 7.62. The molecule has 1 fully saturated rings. The van der Waals surface area contributed by atoms with Crippen LogP contribution in [0.5, 0.6) is 0 Å². The number of guanidine groups is 1. The third kappa shape index (κ3) is 2.41. The quantitative estimate of drug-likeness (QED) is 0.897. The van der Waals surface area contributed by atoms with Crippen LogP contribution in [0.1, 0.15) is 45.1 Å². The highest BCUT2D eigenvalue weighted by Crippen LogP contribution is 2.46. The van der Waals surface area contributed by atoms with Crippen molar-refractivity contribution < 1.29 is 0 Å². The fourth-order valence-corrected chi connectivity index (χ4v) is 3.99. The van der Waals surface area contributed by atoms with Crippen molar-refractivity contribution in [2.45, 2.75) is 51.6 Å². The van der Waals surface area contributed by atoms with Crippen LogP contribution in [0.15, 0.2) is 35.3 Å². The molecule has 2 N–H and O–H groups in total. The van der Waals surface area contributed by atoms with Gasteiger partial charge in [0.1, 0.15) is 0 Å². The van der Waals surface area contributed by atoms with Crippen molar-refractivity contribution in [3.05, 3.63) is 35.9 Å². The van der Waals surface area contributed by atoms with E-state index in [1.807, 2.05) is 0 Å². The van der Waals surface area contributed by atoms with Gasteiger partial charge in [0, 0.05) is 6.54 Å². The van der Waals surface area contributed by atoms with Gasteiger partial charge >= 0.3 is 0 Å². The summed E-state index contributed by atoms with van der Waals surface area (Å²) in [6.07, 6.45) is 5.00. The Morgan fingerprint density at radius 2 is 1.95 bits per heavy atom. The van der Waals surface area contributed by atoms with E-state index in [-0.39, 0.29) is 5.54 Å². The molecule has 1 saturated carbocycles. The second kappa shape index (κ2) is 4.80. The summed E-state index contributed by atoms with van der Waals surface area (Å²) < 4.78 is 0. The maximum Gasteiger partial charge on any atom is 0.192 e. The molecule has 1 heterocycles. The molecule has 20 heavy (non-hydrogen) atoms. The smallest absolute Gasteiger partial charge is 0.192 e. The highest BCUT2D eigenvalue weighted by atomic mass is 15.4. The summed E-state index contributed by atoms with van der Waals surface area (Å²) in [7, 11) is 0. The molecule has 0 saturated heterocycles. The number of hydrogen-bond donors (Lipinski definition) is 1. The van der Waals surface area contributed by atoms with E-state index in [0.717, 1.165) is 19.0 Å². The monoisotopic (exact) mass is 271 g/mol. The minimum absolute atomic E-state index is 0.154. The van der Waals surface area contributed by atoms with E-state index < -0.39 is 0 Å². The molecule has 3 rings (SSSR count). The summed E-state index contributed by atoms with van der Waals surface area (Å²) in [5, 5.41) is 0. The molecule has 3 nitrogen and oxygen atoms in total. The molecule has 3 heteroatoms. The summed E-state index contributed by atoms with van der Waals surface area (Å²) in [6, 6.07) is 10.6. The molecule has 1 spiro atoms. The van der Waals surface area contributed by atoms with Crippen LogP contribution in [0.3, 0.4) is 0 Å². The average molecular weight is 271 g/mol. The molecule has 0 radical (unpaired) electrons. The Morgan fingerprint density at radius 1 is 1.20 bits per heavy atom. The number of aliphatic imine (C=N–C) groups is 1. The predicted molar refractivity (Wildman–Crippen MR) is 83.5 cm³/mol. The van der Waals surface area contributed by atoms with Crippen LogP contribution >= 0.6 is 0 Å². The first kappa shape index (κ1) is 13.5. The van der Waals surface area contributed by atoms with Crippen molar-refractivity contribution in [3.8, 4) is 0 Å². The zero-order chi connectivity index (χ0) is 14.2. The van der Waals surface area contributed by atoms with Crippen LogP contribution in [0.4, 0.5) is 0 Å². The third-order valence-corrected chi connectivity index (χ3v) is 4.87. The number of benzene rings is 1. The Morgan fingerprint density at radius 3 is 2.65 bits per heavy atom. The maximum absolute atomic E-state index is 6.20. The van der Waals surface area contributed by atoms with E-state index in [9.17, 15) is 0 Å². The fraction of sp³-hybridized carbons (Fsp3) is 0.588. The van der Waals surface area contributed by atoms with Crippen molar-refractivity contribution in [2.75, 3.05) is 6.54 Å². The highest BCUT2D eigenvalue weighted by molar-refractivity contribution is 5.81. The van der Waals surface area contributed by atoms with Gasteiger partial charge in [0.2, 0.25) is 0 Å². The first-order chi connectivity index (χ1) is 9.51. The molecule has 2 aliphatic rings. The van der Waals surface area contributed by atoms with Crippen molar-refractivity contribution >= 4 is 5.96 Å². The van der Waals surface area contributed by atoms with Gasteiger partial charge in [-0.25, -0.2) is 0 Å². The largest absolute Gasteiger partial charge is 0.370 e. The third-order valence-electron chi connectivity index (χ3n) is 4.87. The molecule has 1 aliphatic heterocycles. The Labute approximate surface area is 121 Å². The van der Waals surface area contributed by atoms with E-state index in [1.54, 1.807) is 0 Å². The van der Waals surface area contributed by atoms with Gasteiger partial charge in [0.05, 0.1) is 12.1 Å². The normalized spacial score (nSPS) is 28.7. The molecule has 1 aromatic rings. The lowest BCUT2D eigenvalue weighted by molar-refractivity contribution is 0.0636. The van der Waals surface area contributed by atoms with Gasteiger partial charge in [0.25, 0.3) is 0 Å². The lowest BCUT2D eigenvalue weighted by Crippen LogP contribution is -2.54. The Balaban J connectivity index is 1.85. The van der Waals surface area contributed by atoms with Crippen LogP contribution in [-0.4, -0.2) is 22.9 Å². The van der Waals surface area contributed by atoms with Crippen LogP contribution in [0.25, 0.3) is 0 Å². The number of hydrogen-bond acceptors (Lipinski definition) is 3. The summed E-state index contributed by atoms with van der Waals surface area (Å²) in [5.41, 5.74) is 8.06.